The number of rotatable bonds is 3. The van der Waals surface area contributed by atoms with Crippen LogP contribution in [-0.4, -0.2) is 33.9 Å². The van der Waals surface area contributed by atoms with E-state index in [0.29, 0.717) is 0 Å². The van der Waals surface area contributed by atoms with Crippen molar-refractivity contribution in [1.29, 1.82) is 0 Å². The first-order valence-corrected chi connectivity index (χ1v) is 7.08. The topological polar surface area (TPSA) is 49.5 Å². The lowest BCUT2D eigenvalue weighted by atomic mass is 9.94. The summed E-state index contributed by atoms with van der Waals surface area (Å²) in [4.78, 5) is 2.31. The van der Waals surface area contributed by atoms with Crippen molar-refractivity contribution < 1.29 is 9.63 Å². The monoisotopic (exact) mass is 272 g/mol. The smallest absolute Gasteiger partial charge is 0.167 e. The molecule has 0 radical (unpaired) electrons. The Kier molecular flexibility index (Phi) is 3.59. The maximum absolute atomic E-state index is 9.95. The van der Waals surface area contributed by atoms with Gasteiger partial charge in [0.25, 0.3) is 0 Å². The van der Waals surface area contributed by atoms with Crippen LogP contribution in [0, 0.1) is 0 Å². The molecule has 1 fully saturated rings. The summed E-state index contributed by atoms with van der Waals surface area (Å²) in [5.41, 5.74) is 1.49. The van der Waals surface area contributed by atoms with E-state index < -0.39 is 5.60 Å². The average molecular weight is 272 g/mol. The summed E-state index contributed by atoms with van der Waals surface area (Å²) in [5, 5.41) is 14.1. The van der Waals surface area contributed by atoms with Crippen molar-refractivity contribution in [3.63, 3.8) is 0 Å². The van der Waals surface area contributed by atoms with Crippen LogP contribution in [0.4, 0.5) is 0 Å². The number of benzene rings is 1. The summed E-state index contributed by atoms with van der Waals surface area (Å²) in [7, 11) is 0. The third-order valence-corrected chi connectivity index (χ3v) is 3.94. The molecule has 4 heteroatoms. The van der Waals surface area contributed by atoms with Crippen molar-refractivity contribution in [3.05, 3.63) is 42.1 Å². The molecule has 0 aliphatic carbocycles. The predicted molar refractivity (Wildman–Crippen MR) is 77.1 cm³/mol. The minimum atomic E-state index is -0.504. The number of piperidine rings is 1. The Morgan fingerprint density at radius 1 is 1.25 bits per heavy atom. The number of hydrogen-bond donors (Lipinski definition) is 1. The minimum Gasteiger partial charge on any atom is -0.390 e. The van der Waals surface area contributed by atoms with Gasteiger partial charge in [-0.1, -0.05) is 35.5 Å². The molecule has 0 atom stereocenters. The second kappa shape index (κ2) is 5.38. The van der Waals surface area contributed by atoms with Crippen LogP contribution in [0.3, 0.4) is 0 Å². The average Bonchev–Trinajstić information content (AvgIpc) is 2.91. The van der Waals surface area contributed by atoms with E-state index >= 15 is 0 Å². The lowest BCUT2D eigenvalue weighted by Gasteiger charge is -2.35. The Bertz CT molecular complexity index is 553. The summed E-state index contributed by atoms with van der Waals surface area (Å²) in [5.74, 6) is 0.810. The number of likely N-dealkylation sites (tertiary alicyclic amines) is 1. The Labute approximate surface area is 119 Å². The highest BCUT2D eigenvalue weighted by Crippen LogP contribution is 2.24. The second-order valence-corrected chi connectivity index (χ2v) is 5.82. The fourth-order valence-electron chi connectivity index (χ4n) is 2.55. The standard InChI is InChI=1S/C16H20N2O2/c1-16(19)7-9-18(10-8-16)12-14-11-15(20-17-14)13-5-3-2-4-6-13/h2-6,11,19H,7-10,12H2,1H3. The Balaban J connectivity index is 1.64. The van der Waals surface area contributed by atoms with Crippen molar-refractivity contribution in [2.75, 3.05) is 13.1 Å². The van der Waals surface area contributed by atoms with Crippen LogP contribution >= 0.6 is 0 Å². The van der Waals surface area contributed by atoms with Crippen molar-refractivity contribution in [2.24, 2.45) is 0 Å². The minimum absolute atomic E-state index is 0.504. The molecule has 1 saturated heterocycles. The van der Waals surface area contributed by atoms with Gasteiger partial charge in [0.1, 0.15) is 0 Å². The van der Waals surface area contributed by atoms with E-state index in [1.54, 1.807) is 0 Å². The Morgan fingerprint density at radius 2 is 1.95 bits per heavy atom. The molecule has 0 spiro atoms. The molecule has 0 amide bonds. The first kappa shape index (κ1) is 13.3. The number of aliphatic hydroxyl groups is 1. The maximum atomic E-state index is 9.95. The third-order valence-electron chi connectivity index (χ3n) is 3.94. The molecular formula is C16H20N2O2. The van der Waals surface area contributed by atoms with Crippen molar-refractivity contribution in [2.45, 2.75) is 31.9 Å². The largest absolute Gasteiger partial charge is 0.390 e. The fraction of sp³-hybridized carbons (Fsp3) is 0.438. The van der Waals surface area contributed by atoms with Crippen LogP contribution in [-0.2, 0) is 6.54 Å². The van der Waals surface area contributed by atoms with Crippen LogP contribution in [0.5, 0.6) is 0 Å². The number of aromatic nitrogens is 1. The van der Waals surface area contributed by atoms with E-state index in [1.165, 1.54) is 0 Å². The van der Waals surface area contributed by atoms with Gasteiger partial charge in [-0.3, -0.25) is 4.90 Å². The van der Waals surface area contributed by atoms with E-state index in [1.807, 2.05) is 43.3 Å². The van der Waals surface area contributed by atoms with Crippen LogP contribution in [0.25, 0.3) is 11.3 Å². The van der Waals surface area contributed by atoms with Crippen LogP contribution < -0.4 is 0 Å². The van der Waals surface area contributed by atoms with E-state index in [-0.39, 0.29) is 0 Å². The van der Waals surface area contributed by atoms with Gasteiger partial charge < -0.3 is 9.63 Å². The van der Waals surface area contributed by atoms with Crippen LogP contribution in [0.15, 0.2) is 40.9 Å². The first-order valence-electron chi connectivity index (χ1n) is 7.08. The zero-order chi connectivity index (χ0) is 14.0. The van der Waals surface area contributed by atoms with Crippen molar-refractivity contribution in [3.8, 4) is 11.3 Å². The summed E-state index contributed by atoms with van der Waals surface area (Å²) in [6, 6.07) is 12.0. The van der Waals surface area contributed by atoms with Gasteiger partial charge in [-0.25, -0.2) is 0 Å². The van der Waals surface area contributed by atoms with E-state index in [2.05, 4.69) is 10.1 Å². The lowest BCUT2D eigenvalue weighted by molar-refractivity contribution is -0.00773. The molecule has 0 saturated carbocycles. The first-order chi connectivity index (χ1) is 9.62. The molecule has 1 aliphatic heterocycles. The molecule has 1 N–H and O–H groups in total. The van der Waals surface area contributed by atoms with E-state index in [9.17, 15) is 5.11 Å². The normalized spacial score (nSPS) is 19.1. The highest BCUT2D eigenvalue weighted by molar-refractivity contribution is 5.56. The molecule has 4 nitrogen and oxygen atoms in total. The highest BCUT2D eigenvalue weighted by atomic mass is 16.5. The Hall–Kier alpha value is -1.65. The van der Waals surface area contributed by atoms with Crippen molar-refractivity contribution >= 4 is 0 Å². The molecule has 2 heterocycles. The van der Waals surface area contributed by atoms with E-state index in [0.717, 1.165) is 49.5 Å². The third kappa shape index (κ3) is 3.08. The molecule has 1 aromatic carbocycles. The molecule has 106 valence electrons. The van der Waals surface area contributed by atoms with Gasteiger partial charge in [-0.2, -0.15) is 0 Å². The summed E-state index contributed by atoms with van der Waals surface area (Å²) < 4.78 is 5.41. The fourth-order valence-corrected chi connectivity index (χ4v) is 2.55. The van der Waals surface area contributed by atoms with Gasteiger partial charge in [0, 0.05) is 31.3 Å². The van der Waals surface area contributed by atoms with Gasteiger partial charge in [0.05, 0.1) is 11.3 Å². The van der Waals surface area contributed by atoms with E-state index in [4.69, 9.17) is 4.52 Å². The van der Waals surface area contributed by atoms with Gasteiger partial charge in [-0.15, -0.1) is 0 Å². The maximum Gasteiger partial charge on any atom is 0.167 e. The molecular weight excluding hydrogens is 252 g/mol. The van der Waals surface area contributed by atoms with Crippen molar-refractivity contribution in [1.82, 2.24) is 10.1 Å². The zero-order valence-electron chi connectivity index (χ0n) is 11.7. The molecule has 0 unspecified atom stereocenters. The van der Waals surface area contributed by atoms with Gasteiger partial charge in [-0.05, 0) is 19.8 Å². The molecule has 0 bridgehead atoms. The molecule has 3 rings (SSSR count). The molecule has 20 heavy (non-hydrogen) atoms. The number of hydrogen-bond acceptors (Lipinski definition) is 4. The Morgan fingerprint density at radius 3 is 2.65 bits per heavy atom. The summed E-state index contributed by atoms with van der Waals surface area (Å²) in [6.45, 7) is 4.50. The van der Waals surface area contributed by atoms with Gasteiger partial charge in [0.15, 0.2) is 5.76 Å². The molecule has 1 aromatic heterocycles. The molecule has 2 aromatic rings. The second-order valence-electron chi connectivity index (χ2n) is 5.82. The highest BCUT2D eigenvalue weighted by Gasteiger charge is 2.27. The van der Waals surface area contributed by atoms with Crippen LogP contribution in [0.1, 0.15) is 25.5 Å². The number of nitrogens with zero attached hydrogens (tertiary/aromatic N) is 2. The summed E-state index contributed by atoms with van der Waals surface area (Å²) in [6.07, 6.45) is 1.63. The SMILES string of the molecule is CC1(O)CCN(Cc2cc(-c3ccccc3)on2)CC1. The van der Waals surface area contributed by atoms with Crippen LogP contribution in [0.2, 0.25) is 0 Å². The lowest BCUT2D eigenvalue weighted by Crippen LogP contribution is -2.41. The predicted octanol–water partition coefficient (Wildman–Crippen LogP) is 2.69. The zero-order valence-corrected chi connectivity index (χ0v) is 11.7. The van der Waals surface area contributed by atoms with Gasteiger partial charge >= 0.3 is 0 Å². The quantitative estimate of drug-likeness (QED) is 0.933. The molecule has 1 aliphatic rings. The summed E-state index contributed by atoms with van der Waals surface area (Å²) >= 11 is 0. The van der Waals surface area contributed by atoms with Gasteiger partial charge in [0.2, 0.25) is 0 Å².